The van der Waals surface area contributed by atoms with Crippen LogP contribution in [-0.4, -0.2) is 62.7 Å². The summed E-state index contributed by atoms with van der Waals surface area (Å²) in [5.41, 5.74) is 0.564. The molecule has 6 rings (SSSR count). The predicted molar refractivity (Wildman–Crippen MR) is 260 cm³/mol. The van der Waals surface area contributed by atoms with Gasteiger partial charge in [-0.15, -0.1) is 0 Å². The number of hydrogen-bond acceptors (Lipinski definition) is 7. The fourth-order valence-corrected chi connectivity index (χ4v) is 17.0. The van der Waals surface area contributed by atoms with Crippen LogP contribution >= 0.6 is 17.2 Å². The highest BCUT2D eigenvalue weighted by atomic mass is 31.2. The van der Waals surface area contributed by atoms with Gasteiger partial charge in [-0.25, -0.2) is 0 Å². The second-order valence-corrected chi connectivity index (χ2v) is 29.4. The van der Waals surface area contributed by atoms with Crippen molar-refractivity contribution in [2.24, 2.45) is 116 Å². The lowest BCUT2D eigenvalue weighted by atomic mass is 9.51. The van der Waals surface area contributed by atoms with Gasteiger partial charge in [0.1, 0.15) is 0 Å². The van der Waals surface area contributed by atoms with Crippen LogP contribution in [0.25, 0.3) is 0 Å². The van der Waals surface area contributed by atoms with Gasteiger partial charge >= 0.3 is 17.2 Å². The highest BCUT2D eigenvalue weighted by Gasteiger charge is 2.61. The summed E-state index contributed by atoms with van der Waals surface area (Å²) in [7, 11) is -0.828. The molecule has 0 bridgehead atoms. The van der Waals surface area contributed by atoms with Crippen molar-refractivity contribution in [2.45, 2.75) is 189 Å². The van der Waals surface area contributed by atoms with Crippen LogP contribution in [0.4, 0.5) is 0 Å². The third-order valence-corrected chi connectivity index (χ3v) is 21.6. The van der Waals surface area contributed by atoms with Gasteiger partial charge in [-0.2, -0.15) is 0 Å². The lowest BCUT2D eigenvalue weighted by Crippen LogP contribution is -2.56. The summed E-state index contributed by atoms with van der Waals surface area (Å²) in [4.78, 5) is 2.34. The molecule has 2 saturated heterocycles. The van der Waals surface area contributed by atoms with Crippen molar-refractivity contribution < 1.29 is 27.1 Å². The maximum atomic E-state index is 7.29. The molecule has 0 spiro atoms. The van der Waals surface area contributed by atoms with Crippen molar-refractivity contribution in [3.63, 3.8) is 0 Å². The molecule has 0 N–H and O–H groups in total. The molecule has 62 heavy (non-hydrogen) atoms. The molecule has 2 aliphatic heterocycles. The number of hydrogen-bond donors (Lipinski definition) is 0. The van der Waals surface area contributed by atoms with Gasteiger partial charge in [-0.05, 0) is 149 Å². The van der Waals surface area contributed by atoms with E-state index >= 15 is 0 Å². The molecule has 2 heterocycles. The molecule has 6 aliphatic rings. The molecule has 362 valence electrons. The minimum absolute atomic E-state index is 0.141. The van der Waals surface area contributed by atoms with Crippen LogP contribution in [0.15, 0.2) is 0 Å². The zero-order valence-electron chi connectivity index (χ0n) is 44.0. The first-order valence-electron chi connectivity index (χ1n) is 25.7. The largest absolute Gasteiger partial charge is 0.333 e. The first-order chi connectivity index (χ1) is 28.5. The van der Waals surface area contributed by atoms with Crippen LogP contribution in [0, 0.1) is 116 Å². The molecule has 4 saturated carbocycles. The van der Waals surface area contributed by atoms with Gasteiger partial charge in [-0.3, -0.25) is 0 Å². The summed E-state index contributed by atoms with van der Waals surface area (Å²) < 4.78 is 42.8. The highest BCUT2D eigenvalue weighted by molar-refractivity contribution is 7.42. The van der Waals surface area contributed by atoms with E-state index in [2.05, 4.69) is 150 Å². The van der Waals surface area contributed by atoms with Crippen LogP contribution in [0.2, 0.25) is 0 Å². The van der Waals surface area contributed by atoms with Gasteiger partial charge in [-0.1, -0.05) is 138 Å². The third-order valence-electron chi connectivity index (χ3n) is 19.1. The van der Waals surface area contributed by atoms with E-state index < -0.39 is 17.2 Å². The van der Waals surface area contributed by atoms with Gasteiger partial charge in [0.2, 0.25) is 0 Å². The third kappa shape index (κ3) is 10.9. The fraction of sp³-hybridized carbons (Fsp3) is 1.00. The van der Waals surface area contributed by atoms with E-state index in [1.807, 2.05) is 0 Å². The summed E-state index contributed by atoms with van der Waals surface area (Å²) >= 11 is 0. The summed E-state index contributed by atoms with van der Waals surface area (Å²) in [6.07, 6.45) is 5.37. The molecule has 0 aromatic rings. The summed E-state index contributed by atoms with van der Waals surface area (Å²) in [5.74, 6) is 8.67. The van der Waals surface area contributed by atoms with Crippen molar-refractivity contribution in [3.8, 4) is 0 Å². The van der Waals surface area contributed by atoms with Crippen LogP contribution in [0.3, 0.4) is 0 Å². The van der Waals surface area contributed by atoms with E-state index in [0.717, 1.165) is 13.1 Å². The standard InChI is InChI=1S/C53H99NO6P2/c1-30-26-38(50(9,10)11)46-42(34(30)5)43-35(6)31(2)27-39(51(12,13)14)47(43)58-61(57-46)55-24-22-54(21)23-25-56-62-59-48-40(52(15,16)17)28-32(3)36(7)44(48)45-37(8)33(4)29-41(49(45)60-62)53(18,19)20/h30-49H,22-29H2,1-21H3/t30-,31?,32-,33?,34-,35?,36-,37?,38?,39-,40?,41-,42?,43?,44?,45?,46?,47?,48?,49?,61?,62?/m1/s1. The zero-order valence-corrected chi connectivity index (χ0v) is 45.8. The summed E-state index contributed by atoms with van der Waals surface area (Å²) in [6.45, 7) is 51.9. The molecule has 9 heteroatoms. The zero-order chi connectivity index (χ0) is 46.2. The van der Waals surface area contributed by atoms with E-state index in [9.17, 15) is 0 Å². The van der Waals surface area contributed by atoms with Gasteiger partial charge in [0, 0.05) is 13.1 Å². The Morgan fingerprint density at radius 3 is 0.806 bits per heavy atom. The minimum Gasteiger partial charge on any atom is -0.311 e. The second kappa shape index (κ2) is 19.5. The Labute approximate surface area is 386 Å². The Morgan fingerprint density at radius 1 is 0.403 bits per heavy atom. The smallest absolute Gasteiger partial charge is 0.311 e. The molecule has 16 unspecified atom stereocenters. The Morgan fingerprint density at radius 2 is 0.613 bits per heavy atom. The number of rotatable bonds is 8. The lowest BCUT2D eigenvalue weighted by Gasteiger charge is -2.56. The maximum absolute atomic E-state index is 7.29. The van der Waals surface area contributed by atoms with Gasteiger partial charge in [0.05, 0.1) is 37.6 Å². The SMILES string of the molecule is CC1C[C@@H](C(C)(C)C)C2OP(OCCN(C)CCOP3OC4C(C5C(C)C(C)C[C@@H](C(C)(C)C)C5O3)[C@H](C)[C@H](C)CC4C(C)(C)C)OC3C(C2C1C)[C@H](C)[C@H](C)CC3C(C)(C)C. The fourth-order valence-electron chi connectivity index (χ4n) is 14.2. The summed E-state index contributed by atoms with van der Waals surface area (Å²) in [6, 6.07) is 0. The van der Waals surface area contributed by atoms with Gasteiger partial charge in [0.15, 0.2) is 0 Å². The molecule has 7 nitrogen and oxygen atoms in total. The van der Waals surface area contributed by atoms with Crippen LogP contribution < -0.4 is 0 Å². The topological polar surface area (TPSA) is 58.6 Å². The average molecular weight is 908 g/mol. The predicted octanol–water partition coefficient (Wildman–Crippen LogP) is 14.8. The highest BCUT2D eigenvalue weighted by Crippen LogP contribution is 2.66. The Hall–Kier alpha value is 0.580. The summed E-state index contributed by atoms with van der Waals surface area (Å²) in [5, 5.41) is 0. The normalized spacial score (nSPS) is 47.1. The lowest BCUT2D eigenvalue weighted by molar-refractivity contribution is -0.123. The van der Waals surface area contributed by atoms with Crippen molar-refractivity contribution in [3.05, 3.63) is 0 Å². The van der Waals surface area contributed by atoms with E-state index in [4.69, 9.17) is 27.1 Å². The monoisotopic (exact) mass is 908 g/mol. The van der Waals surface area contributed by atoms with Crippen LogP contribution in [0.5, 0.6) is 0 Å². The Bertz CT molecular complexity index is 1250. The molecule has 0 radical (unpaired) electrons. The van der Waals surface area contributed by atoms with E-state index in [-0.39, 0.29) is 46.1 Å². The van der Waals surface area contributed by atoms with E-state index in [1.54, 1.807) is 0 Å². The second-order valence-electron chi connectivity index (χ2n) is 27.2. The molecule has 0 amide bonds. The van der Waals surface area contributed by atoms with E-state index in [0.29, 0.717) is 108 Å². The Kier molecular flexibility index (Phi) is 16.4. The van der Waals surface area contributed by atoms with Crippen LogP contribution in [-0.2, 0) is 27.1 Å². The minimum atomic E-state index is -1.51. The molecular formula is C53H99NO6P2. The molecule has 6 fully saturated rings. The Balaban J connectivity index is 1.16. The van der Waals surface area contributed by atoms with Crippen molar-refractivity contribution >= 4 is 17.2 Å². The van der Waals surface area contributed by atoms with Crippen molar-refractivity contribution in [2.75, 3.05) is 33.4 Å². The van der Waals surface area contributed by atoms with E-state index in [1.165, 1.54) is 25.7 Å². The number of likely N-dealkylation sites (N-methyl/N-ethyl adjacent to an activating group) is 1. The first kappa shape index (κ1) is 52.0. The molecule has 0 aromatic carbocycles. The van der Waals surface area contributed by atoms with Crippen molar-refractivity contribution in [1.82, 2.24) is 4.90 Å². The number of nitrogens with zero attached hydrogens (tertiary/aromatic N) is 1. The molecular weight excluding hydrogens is 809 g/mol. The van der Waals surface area contributed by atoms with Gasteiger partial charge in [0.25, 0.3) is 0 Å². The van der Waals surface area contributed by atoms with Crippen molar-refractivity contribution in [1.29, 1.82) is 0 Å². The first-order valence-corrected chi connectivity index (χ1v) is 27.9. The van der Waals surface area contributed by atoms with Gasteiger partial charge < -0.3 is 32.0 Å². The quantitative estimate of drug-likeness (QED) is 0.225. The molecule has 0 aromatic heterocycles. The average Bonchev–Trinajstić information content (AvgIpc) is 3.41. The van der Waals surface area contributed by atoms with Crippen LogP contribution in [0.1, 0.15) is 164 Å². The molecule has 4 aliphatic carbocycles. The maximum Gasteiger partial charge on any atom is 0.333 e. The number of fused-ring (bicyclic) bond motifs is 6. The molecule has 22 atom stereocenters.